The Morgan fingerprint density at radius 2 is 0.690 bits per heavy atom. The minimum atomic E-state index is -0.585. The van der Waals surface area contributed by atoms with Gasteiger partial charge in [-0.25, -0.2) is 9.59 Å². The van der Waals surface area contributed by atoms with Crippen molar-refractivity contribution in [2.45, 2.75) is 52.7 Å². The van der Waals surface area contributed by atoms with Crippen LogP contribution in [-0.4, -0.2) is 37.7 Å². The van der Waals surface area contributed by atoms with Gasteiger partial charge in [-0.05, 0) is 12.8 Å². The number of carbonyl (C=O) groups excluding carboxylic acids is 2. The summed E-state index contributed by atoms with van der Waals surface area (Å²) in [5.74, 6) is 0. The van der Waals surface area contributed by atoms with Crippen LogP contribution in [-0.2, 0) is 18.9 Å². The van der Waals surface area contributed by atoms with E-state index in [2.05, 4.69) is 18.2 Å². The SMILES string of the molecule is C.C.O=C1OCC(CC=CC=CC=CC=CC=CC=CC=CC=CCCC=CC=CC=CC=CCC2COC(=O)O2)O1. The Labute approximate surface area is 252 Å². The summed E-state index contributed by atoms with van der Waals surface area (Å²) in [6, 6.07) is 0. The molecular weight excluding hydrogens is 528 g/mol. The highest BCUT2D eigenvalue weighted by Gasteiger charge is 2.23. The van der Waals surface area contributed by atoms with Gasteiger partial charge in [0.2, 0.25) is 0 Å². The van der Waals surface area contributed by atoms with Crippen LogP contribution in [0.25, 0.3) is 0 Å². The van der Waals surface area contributed by atoms with Gasteiger partial charge in [0.05, 0.1) is 0 Å². The Morgan fingerprint density at radius 1 is 0.429 bits per heavy atom. The van der Waals surface area contributed by atoms with Crippen molar-refractivity contribution < 1.29 is 28.5 Å². The van der Waals surface area contributed by atoms with Gasteiger partial charge in [0.1, 0.15) is 25.4 Å². The normalized spacial score (nSPS) is 19.9. The lowest BCUT2D eigenvalue weighted by Gasteiger charge is -1.99. The molecule has 2 saturated heterocycles. The lowest BCUT2D eigenvalue weighted by Crippen LogP contribution is -2.07. The van der Waals surface area contributed by atoms with Crippen LogP contribution in [0.15, 0.2) is 146 Å². The number of cyclic esters (lactones) is 4. The predicted octanol–water partition coefficient (Wildman–Crippen LogP) is 9.56. The average Bonchev–Trinajstić information content (AvgIpc) is 3.57. The Balaban J connectivity index is 0.00000840. The van der Waals surface area contributed by atoms with Gasteiger partial charge >= 0.3 is 12.3 Å². The molecule has 0 bridgehead atoms. The molecule has 0 aliphatic carbocycles. The maximum absolute atomic E-state index is 10.8. The van der Waals surface area contributed by atoms with E-state index >= 15 is 0 Å². The summed E-state index contributed by atoms with van der Waals surface area (Å²) < 4.78 is 19.3. The number of carbonyl (C=O) groups is 2. The van der Waals surface area contributed by atoms with Gasteiger partial charge in [-0.1, -0.05) is 161 Å². The fourth-order valence-corrected chi connectivity index (χ4v) is 3.15. The second-order valence-corrected chi connectivity index (χ2v) is 8.44. The highest BCUT2D eigenvalue weighted by atomic mass is 16.8. The zero-order valence-electron chi connectivity index (χ0n) is 22.7. The standard InChI is InChI=1S/C34H38O6.2CH4/c35-33-37-29-31(39-33)27-25-23-21-19-17-15-13-11-9-7-5-3-1-2-4-6-8-10-12-14-16-18-20-22-24-26-28-32-30-38-34(36)40-32;;/h1-7,9,11-26,31-32H,8,10,27-30H2;2*1H4. The molecule has 2 fully saturated rings. The van der Waals surface area contributed by atoms with Crippen LogP contribution in [0.5, 0.6) is 0 Å². The molecule has 6 nitrogen and oxygen atoms in total. The molecule has 0 radical (unpaired) electrons. The molecule has 0 amide bonds. The van der Waals surface area contributed by atoms with Crippen molar-refractivity contribution in [3.05, 3.63) is 146 Å². The van der Waals surface area contributed by atoms with E-state index in [1.165, 1.54) is 0 Å². The van der Waals surface area contributed by atoms with Crippen LogP contribution in [0.2, 0.25) is 0 Å². The van der Waals surface area contributed by atoms with Gasteiger partial charge in [-0.2, -0.15) is 0 Å². The molecule has 0 aromatic rings. The maximum atomic E-state index is 10.8. The zero-order valence-corrected chi connectivity index (χ0v) is 22.7. The van der Waals surface area contributed by atoms with E-state index in [0.717, 1.165) is 12.8 Å². The Morgan fingerprint density at radius 3 is 0.952 bits per heavy atom. The summed E-state index contributed by atoms with van der Waals surface area (Å²) in [6.07, 6.45) is 49.4. The summed E-state index contributed by atoms with van der Waals surface area (Å²) in [5.41, 5.74) is 0. The first-order valence-electron chi connectivity index (χ1n) is 13.4. The van der Waals surface area contributed by atoms with Crippen molar-refractivity contribution in [1.29, 1.82) is 0 Å². The third kappa shape index (κ3) is 21.3. The quantitative estimate of drug-likeness (QED) is 0.0978. The average molecular weight is 575 g/mol. The second kappa shape index (κ2) is 26.6. The molecule has 42 heavy (non-hydrogen) atoms. The van der Waals surface area contributed by atoms with Crippen molar-refractivity contribution in [2.75, 3.05) is 13.2 Å². The Hall–Kier alpha value is -4.58. The van der Waals surface area contributed by atoms with Crippen LogP contribution < -0.4 is 0 Å². The molecule has 0 aromatic heterocycles. The monoisotopic (exact) mass is 574 g/mol. The van der Waals surface area contributed by atoms with Crippen molar-refractivity contribution in [3.63, 3.8) is 0 Å². The van der Waals surface area contributed by atoms with Crippen molar-refractivity contribution >= 4 is 12.3 Å². The first-order valence-corrected chi connectivity index (χ1v) is 13.4. The number of hydrogen-bond donors (Lipinski definition) is 0. The molecule has 0 spiro atoms. The van der Waals surface area contributed by atoms with Crippen molar-refractivity contribution in [2.24, 2.45) is 0 Å². The van der Waals surface area contributed by atoms with Gasteiger partial charge in [0.25, 0.3) is 0 Å². The number of ether oxygens (including phenoxy) is 4. The van der Waals surface area contributed by atoms with E-state index in [1.54, 1.807) is 0 Å². The highest BCUT2D eigenvalue weighted by molar-refractivity contribution is 5.62. The Bertz CT molecular complexity index is 1110. The van der Waals surface area contributed by atoms with Crippen molar-refractivity contribution in [1.82, 2.24) is 0 Å². The van der Waals surface area contributed by atoms with E-state index in [-0.39, 0.29) is 27.1 Å². The summed E-state index contributed by atoms with van der Waals surface area (Å²) >= 11 is 0. The summed E-state index contributed by atoms with van der Waals surface area (Å²) in [7, 11) is 0. The molecule has 2 aliphatic heterocycles. The van der Waals surface area contributed by atoms with Crippen molar-refractivity contribution in [3.8, 4) is 0 Å². The third-order valence-corrected chi connectivity index (χ3v) is 5.14. The molecule has 2 unspecified atom stereocenters. The minimum absolute atomic E-state index is 0. The molecule has 0 N–H and O–H groups in total. The van der Waals surface area contributed by atoms with E-state index in [0.29, 0.717) is 26.1 Å². The lowest BCUT2D eigenvalue weighted by atomic mass is 10.2. The summed E-state index contributed by atoms with van der Waals surface area (Å²) in [5, 5.41) is 0. The van der Waals surface area contributed by atoms with Crippen LogP contribution in [0.4, 0.5) is 9.59 Å². The first kappa shape index (κ1) is 37.4. The fraction of sp³-hybridized carbons (Fsp3) is 0.278. The van der Waals surface area contributed by atoms with Crippen LogP contribution in [0.3, 0.4) is 0 Å². The third-order valence-electron chi connectivity index (χ3n) is 5.14. The zero-order chi connectivity index (χ0) is 28.4. The molecule has 2 rings (SSSR count). The van der Waals surface area contributed by atoms with Gasteiger partial charge in [0.15, 0.2) is 0 Å². The molecule has 2 atom stereocenters. The van der Waals surface area contributed by atoms with Gasteiger partial charge in [-0.15, -0.1) is 0 Å². The molecule has 0 aromatic carbocycles. The molecular formula is C36H46O6. The van der Waals surface area contributed by atoms with Crippen LogP contribution in [0.1, 0.15) is 40.5 Å². The summed E-state index contributed by atoms with van der Waals surface area (Å²) in [6.45, 7) is 0.656. The molecule has 6 heteroatoms. The van der Waals surface area contributed by atoms with Crippen LogP contribution >= 0.6 is 0 Å². The predicted molar refractivity (Wildman–Crippen MR) is 174 cm³/mol. The van der Waals surface area contributed by atoms with Gasteiger partial charge in [-0.3, -0.25) is 0 Å². The fourth-order valence-electron chi connectivity index (χ4n) is 3.15. The molecule has 2 heterocycles. The van der Waals surface area contributed by atoms with E-state index in [1.807, 2.05) is 128 Å². The topological polar surface area (TPSA) is 71.1 Å². The maximum Gasteiger partial charge on any atom is 0.508 e. The highest BCUT2D eigenvalue weighted by Crippen LogP contribution is 2.10. The number of hydrogen-bond acceptors (Lipinski definition) is 6. The largest absolute Gasteiger partial charge is 0.508 e. The smallest absolute Gasteiger partial charge is 0.430 e. The number of rotatable bonds is 17. The second-order valence-electron chi connectivity index (χ2n) is 8.44. The molecule has 2 aliphatic rings. The van der Waals surface area contributed by atoms with E-state index in [9.17, 15) is 9.59 Å². The minimum Gasteiger partial charge on any atom is -0.430 e. The number of allylic oxidation sites excluding steroid dienone is 22. The molecule has 226 valence electrons. The first-order chi connectivity index (χ1) is 19.7. The van der Waals surface area contributed by atoms with Gasteiger partial charge < -0.3 is 18.9 Å². The van der Waals surface area contributed by atoms with Gasteiger partial charge in [0, 0.05) is 12.8 Å². The Kier molecular flexibility index (Phi) is 23.7. The number of unbranched alkanes of at least 4 members (excludes halogenated alkanes) is 1. The van der Waals surface area contributed by atoms with E-state index in [4.69, 9.17) is 18.9 Å². The van der Waals surface area contributed by atoms with Crippen LogP contribution in [0, 0.1) is 0 Å². The molecule has 0 saturated carbocycles. The van der Waals surface area contributed by atoms with E-state index < -0.39 is 12.3 Å². The lowest BCUT2D eigenvalue weighted by molar-refractivity contribution is 0.117. The summed E-state index contributed by atoms with van der Waals surface area (Å²) in [4.78, 5) is 21.6.